The lowest BCUT2D eigenvalue weighted by atomic mass is 9.66. The van der Waals surface area contributed by atoms with E-state index in [0.29, 0.717) is 30.1 Å². The van der Waals surface area contributed by atoms with Crippen LogP contribution >= 0.6 is 23.4 Å². The van der Waals surface area contributed by atoms with Gasteiger partial charge in [-0.1, -0.05) is 62.2 Å². The minimum atomic E-state index is -0.745. The number of esters is 1. The largest absolute Gasteiger partial charge is 0.461 e. The van der Waals surface area contributed by atoms with Gasteiger partial charge >= 0.3 is 5.97 Å². The van der Waals surface area contributed by atoms with Crippen molar-refractivity contribution in [3.8, 4) is 0 Å². The van der Waals surface area contributed by atoms with Crippen molar-refractivity contribution < 1.29 is 24.2 Å². The number of ether oxygens (including phenoxy) is 1. The molecule has 1 N–H and O–H groups in total. The van der Waals surface area contributed by atoms with Gasteiger partial charge in [-0.05, 0) is 43.7 Å². The predicted molar refractivity (Wildman–Crippen MR) is 156 cm³/mol. The zero-order chi connectivity index (χ0) is 28.3. The third-order valence-electron chi connectivity index (χ3n) is 8.44. The second kappa shape index (κ2) is 12.5. The van der Waals surface area contributed by atoms with Gasteiger partial charge in [0, 0.05) is 24.9 Å². The number of rotatable bonds is 13. The molecule has 39 heavy (non-hydrogen) atoms. The summed E-state index contributed by atoms with van der Waals surface area (Å²) in [5.41, 5.74) is 1.47. The van der Waals surface area contributed by atoms with Crippen LogP contribution in [0.4, 0.5) is 5.69 Å². The molecular formula is C30H39ClN2O5S. The molecule has 2 amide bonds. The van der Waals surface area contributed by atoms with Gasteiger partial charge in [-0.3, -0.25) is 14.4 Å². The van der Waals surface area contributed by atoms with Gasteiger partial charge in [0.25, 0.3) is 5.91 Å². The molecule has 7 nitrogen and oxygen atoms in total. The number of hydrogen-bond acceptors (Lipinski definition) is 6. The lowest BCUT2D eigenvalue weighted by Crippen LogP contribution is -2.57. The number of thioether (sulfide) groups is 1. The standard InChI is InChI=1S/C30H39ClN2O5S/c1-5-14-32(25-19(3)12-11-13-21(25)31)28(36)26-30-20(4)18-22(39-30)23(29(37)38-17-6-2)24(30)27(35)33(26)15-9-7-8-10-16-34/h5-6,11-13,20,22-24,26,34H,1-2,7-10,14-18H2,3-4H3/t20?,22-,23+,24+,26?,30?/m1/s1. The molecule has 3 saturated heterocycles. The van der Waals surface area contributed by atoms with Crippen molar-refractivity contribution in [3.63, 3.8) is 0 Å². The molecule has 212 valence electrons. The molecule has 0 aliphatic carbocycles. The Kier molecular flexibility index (Phi) is 9.50. The van der Waals surface area contributed by atoms with E-state index in [1.165, 1.54) is 6.08 Å². The number of amides is 2. The summed E-state index contributed by atoms with van der Waals surface area (Å²) in [6, 6.07) is 4.78. The number of anilines is 1. The Morgan fingerprint density at radius 1 is 1.26 bits per heavy atom. The van der Waals surface area contributed by atoms with Crippen molar-refractivity contribution in [2.45, 2.75) is 62.0 Å². The average molecular weight is 575 g/mol. The monoisotopic (exact) mass is 574 g/mol. The third kappa shape index (κ3) is 5.16. The summed E-state index contributed by atoms with van der Waals surface area (Å²) < 4.78 is 4.73. The highest BCUT2D eigenvalue weighted by atomic mass is 35.5. The minimum Gasteiger partial charge on any atom is -0.461 e. The number of halogens is 1. The van der Waals surface area contributed by atoms with Crippen LogP contribution in [-0.4, -0.2) is 70.1 Å². The van der Waals surface area contributed by atoms with Crippen LogP contribution in [0.15, 0.2) is 43.5 Å². The van der Waals surface area contributed by atoms with Crippen molar-refractivity contribution in [1.82, 2.24) is 4.90 Å². The van der Waals surface area contributed by atoms with E-state index < -0.39 is 22.6 Å². The first kappa shape index (κ1) is 29.7. The zero-order valence-corrected chi connectivity index (χ0v) is 24.4. The van der Waals surface area contributed by atoms with Crippen molar-refractivity contribution in [1.29, 1.82) is 0 Å². The topological polar surface area (TPSA) is 87.1 Å². The first-order chi connectivity index (χ1) is 18.7. The maximum absolute atomic E-state index is 14.7. The van der Waals surface area contributed by atoms with Crippen LogP contribution in [0.5, 0.6) is 0 Å². The molecule has 3 unspecified atom stereocenters. The van der Waals surface area contributed by atoms with Crippen molar-refractivity contribution in [2.75, 3.05) is 31.2 Å². The van der Waals surface area contributed by atoms with E-state index in [0.717, 1.165) is 24.8 Å². The fourth-order valence-corrected chi connectivity index (χ4v) is 9.55. The second-order valence-corrected chi connectivity index (χ2v) is 12.7. The molecule has 2 bridgehead atoms. The first-order valence-electron chi connectivity index (χ1n) is 13.8. The molecule has 0 radical (unpaired) electrons. The Labute approximate surface area is 240 Å². The fraction of sp³-hybridized carbons (Fsp3) is 0.567. The second-order valence-electron chi connectivity index (χ2n) is 10.8. The highest BCUT2D eigenvalue weighted by Crippen LogP contribution is 2.69. The summed E-state index contributed by atoms with van der Waals surface area (Å²) in [5.74, 6) is -1.90. The van der Waals surface area contributed by atoms with Gasteiger partial charge < -0.3 is 19.6 Å². The molecule has 1 aromatic rings. The lowest BCUT2D eigenvalue weighted by Gasteiger charge is -2.40. The van der Waals surface area contributed by atoms with E-state index in [1.54, 1.807) is 33.7 Å². The van der Waals surface area contributed by atoms with E-state index in [1.807, 2.05) is 19.1 Å². The SMILES string of the molecule is C=CCOC(=O)[C@@H]1[C@H]2C(=O)N(CCCCCCO)C(C(=O)N(CC=C)c3c(C)cccc3Cl)C23S[C@@H]1CC3C. The number of hydrogen-bond donors (Lipinski definition) is 1. The predicted octanol–water partition coefficient (Wildman–Crippen LogP) is 4.79. The molecule has 6 atom stereocenters. The molecule has 1 aromatic carbocycles. The summed E-state index contributed by atoms with van der Waals surface area (Å²) in [6.45, 7) is 12.4. The Balaban J connectivity index is 1.77. The van der Waals surface area contributed by atoms with Crippen LogP contribution in [0, 0.1) is 24.7 Å². The number of para-hydroxylation sites is 1. The van der Waals surface area contributed by atoms with Crippen LogP contribution in [0.3, 0.4) is 0 Å². The summed E-state index contributed by atoms with van der Waals surface area (Å²) in [6.07, 6.45) is 7.02. The fourth-order valence-electron chi connectivity index (χ4n) is 6.83. The van der Waals surface area contributed by atoms with Crippen molar-refractivity contribution in [2.24, 2.45) is 17.8 Å². The highest BCUT2D eigenvalue weighted by Gasteiger charge is 2.76. The summed E-state index contributed by atoms with van der Waals surface area (Å²) in [4.78, 5) is 45.5. The molecule has 1 spiro atoms. The summed E-state index contributed by atoms with van der Waals surface area (Å²) in [5, 5.41) is 9.54. The zero-order valence-electron chi connectivity index (χ0n) is 22.8. The van der Waals surface area contributed by atoms with Crippen LogP contribution in [0.25, 0.3) is 0 Å². The molecule has 9 heteroatoms. The van der Waals surface area contributed by atoms with Crippen LogP contribution in [0.2, 0.25) is 5.02 Å². The first-order valence-corrected chi connectivity index (χ1v) is 15.0. The lowest BCUT2D eigenvalue weighted by molar-refractivity contribution is -0.153. The van der Waals surface area contributed by atoms with Gasteiger partial charge in [0.15, 0.2) is 0 Å². The molecule has 3 aliphatic rings. The molecule has 4 rings (SSSR count). The number of unbranched alkanes of at least 4 members (excludes halogenated alkanes) is 3. The van der Waals surface area contributed by atoms with Gasteiger partial charge in [-0.25, -0.2) is 0 Å². The van der Waals surface area contributed by atoms with E-state index in [4.69, 9.17) is 21.4 Å². The number of carbonyl (C=O) groups is 3. The Hall–Kier alpha value is -2.29. The van der Waals surface area contributed by atoms with Crippen LogP contribution in [-0.2, 0) is 19.1 Å². The maximum Gasteiger partial charge on any atom is 0.311 e. The summed E-state index contributed by atoms with van der Waals surface area (Å²) in [7, 11) is 0. The molecule has 3 aliphatic heterocycles. The van der Waals surface area contributed by atoms with Crippen LogP contribution < -0.4 is 4.90 Å². The normalized spacial score (nSPS) is 28.9. The number of aliphatic hydroxyl groups is 1. The summed E-state index contributed by atoms with van der Waals surface area (Å²) >= 11 is 8.26. The number of benzene rings is 1. The van der Waals surface area contributed by atoms with E-state index >= 15 is 0 Å². The number of likely N-dealkylation sites (tertiary alicyclic amines) is 1. The number of nitrogens with zero attached hydrogens (tertiary/aromatic N) is 2. The van der Waals surface area contributed by atoms with Crippen LogP contribution in [0.1, 0.15) is 44.6 Å². The molecule has 0 aromatic heterocycles. The molecule has 0 saturated carbocycles. The van der Waals surface area contributed by atoms with E-state index in [9.17, 15) is 14.4 Å². The van der Waals surface area contributed by atoms with Gasteiger partial charge in [-0.2, -0.15) is 0 Å². The maximum atomic E-state index is 14.7. The van der Waals surface area contributed by atoms with Gasteiger partial charge in [-0.15, -0.1) is 18.3 Å². The number of fused-ring (bicyclic) bond motifs is 1. The quantitative estimate of drug-likeness (QED) is 0.207. The molecule has 3 fully saturated rings. The number of carbonyl (C=O) groups excluding carboxylic acids is 3. The average Bonchev–Trinajstić information content (AvgIpc) is 3.50. The highest BCUT2D eigenvalue weighted by molar-refractivity contribution is 8.02. The van der Waals surface area contributed by atoms with Gasteiger partial charge in [0.2, 0.25) is 5.91 Å². The third-order valence-corrected chi connectivity index (χ3v) is 10.8. The Bertz CT molecular complexity index is 1110. The van der Waals surface area contributed by atoms with E-state index in [2.05, 4.69) is 20.1 Å². The van der Waals surface area contributed by atoms with Crippen molar-refractivity contribution >= 4 is 46.8 Å². The Morgan fingerprint density at radius 2 is 2.00 bits per heavy atom. The van der Waals surface area contributed by atoms with Crippen molar-refractivity contribution in [3.05, 3.63) is 54.1 Å². The Morgan fingerprint density at radius 3 is 2.67 bits per heavy atom. The smallest absolute Gasteiger partial charge is 0.311 e. The van der Waals surface area contributed by atoms with E-state index in [-0.39, 0.29) is 48.7 Å². The number of aliphatic hydroxyl groups excluding tert-OH is 1. The van der Waals surface area contributed by atoms with Gasteiger partial charge in [0.05, 0.1) is 27.3 Å². The van der Waals surface area contributed by atoms with Gasteiger partial charge in [0.1, 0.15) is 12.6 Å². The molecular weight excluding hydrogens is 536 g/mol. The minimum absolute atomic E-state index is 0.0520. The molecule has 3 heterocycles. The number of aryl methyl sites for hydroxylation is 1.